The number of phenols is 1. The third kappa shape index (κ3) is 2.91. The quantitative estimate of drug-likeness (QED) is 0.692. The number of rotatable bonds is 4. The first-order chi connectivity index (χ1) is 10.7. The number of carbonyl (C=O) groups is 1. The molecular formula is C18H18O4. The van der Waals surface area contributed by atoms with Crippen LogP contribution in [0.25, 0.3) is 0 Å². The van der Waals surface area contributed by atoms with Gasteiger partial charge >= 0.3 is 5.97 Å². The molecule has 1 N–H and O–H groups in total. The lowest BCUT2D eigenvalue weighted by atomic mass is 9.86. The van der Waals surface area contributed by atoms with E-state index in [-0.39, 0.29) is 17.6 Å². The van der Waals surface area contributed by atoms with Gasteiger partial charge in [-0.2, -0.15) is 0 Å². The highest BCUT2D eigenvalue weighted by molar-refractivity contribution is 5.78. The van der Waals surface area contributed by atoms with E-state index in [1.54, 1.807) is 18.2 Å². The number of hydrogen-bond acceptors (Lipinski definition) is 4. The molecule has 4 heteroatoms. The molecule has 2 aromatic carbocycles. The number of hydrogen-bond donors (Lipinski definition) is 1. The van der Waals surface area contributed by atoms with Crippen LogP contribution in [0.2, 0.25) is 0 Å². The zero-order chi connectivity index (χ0) is 15.5. The molecule has 0 radical (unpaired) electrons. The van der Waals surface area contributed by atoms with Gasteiger partial charge in [0.05, 0.1) is 13.0 Å². The number of ether oxygens (including phenoxy) is 2. The number of phenolic OH excluding ortho intramolecular Hbond substituents is 1. The van der Waals surface area contributed by atoms with Gasteiger partial charge in [0.2, 0.25) is 0 Å². The van der Waals surface area contributed by atoms with Gasteiger partial charge in [0.1, 0.15) is 17.2 Å². The molecule has 3 rings (SSSR count). The van der Waals surface area contributed by atoms with Gasteiger partial charge in [-0.3, -0.25) is 4.79 Å². The number of carbonyl (C=O) groups excluding carboxylic acids is 1. The highest BCUT2D eigenvalue weighted by atomic mass is 16.5. The highest BCUT2D eigenvalue weighted by Crippen LogP contribution is 2.40. The largest absolute Gasteiger partial charge is 0.508 e. The van der Waals surface area contributed by atoms with Crippen LogP contribution in [-0.2, 0) is 4.79 Å². The summed E-state index contributed by atoms with van der Waals surface area (Å²) in [4.78, 5) is 11.9. The van der Waals surface area contributed by atoms with E-state index in [9.17, 15) is 9.90 Å². The molecule has 0 saturated heterocycles. The highest BCUT2D eigenvalue weighted by Gasteiger charge is 2.28. The fraction of sp³-hybridized carbons (Fsp3) is 0.278. The molecule has 1 atom stereocenters. The molecule has 1 heterocycles. The molecule has 1 aliphatic rings. The van der Waals surface area contributed by atoms with Crippen molar-refractivity contribution in [3.8, 4) is 17.2 Å². The Morgan fingerprint density at radius 3 is 2.73 bits per heavy atom. The Morgan fingerprint density at radius 1 is 1.23 bits per heavy atom. The van der Waals surface area contributed by atoms with Gasteiger partial charge in [-0.25, -0.2) is 0 Å². The molecule has 0 fully saturated rings. The Kier molecular flexibility index (Phi) is 4.00. The van der Waals surface area contributed by atoms with Crippen LogP contribution in [0.15, 0.2) is 42.5 Å². The predicted octanol–water partition coefficient (Wildman–Crippen LogP) is 3.62. The van der Waals surface area contributed by atoms with E-state index in [2.05, 4.69) is 0 Å². The monoisotopic (exact) mass is 298 g/mol. The molecule has 4 nitrogen and oxygen atoms in total. The SMILES string of the molecule is CCCOc1ccc2c(c1)OC(=O)C[C@@H]2c1ccc(O)cc1. The third-order valence-electron chi connectivity index (χ3n) is 3.72. The second-order valence-corrected chi connectivity index (χ2v) is 5.37. The van der Waals surface area contributed by atoms with E-state index >= 15 is 0 Å². The van der Waals surface area contributed by atoms with Crippen LogP contribution >= 0.6 is 0 Å². The van der Waals surface area contributed by atoms with E-state index < -0.39 is 0 Å². The summed E-state index contributed by atoms with van der Waals surface area (Å²) in [5.41, 5.74) is 1.95. The van der Waals surface area contributed by atoms with Crippen molar-refractivity contribution in [1.29, 1.82) is 0 Å². The molecule has 0 amide bonds. The molecule has 22 heavy (non-hydrogen) atoms. The maximum atomic E-state index is 11.9. The minimum atomic E-state index is -0.252. The lowest BCUT2D eigenvalue weighted by Gasteiger charge is -2.25. The fourth-order valence-electron chi connectivity index (χ4n) is 2.65. The van der Waals surface area contributed by atoms with Gasteiger partial charge < -0.3 is 14.6 Å². The summed E-state index contributed by atoms with van der Waals surface area (Å²) in [5, 5.41) is 9.41. The number of benzene rings is 2. The van der Waals surface area contributed by atoms with Crippen molar-refractivity contribution in [2.24, 2.45) is 0 Å². The number of fused-ring (bicyclic) bond motifs is 1. The van der Waals surface area contributed by atoms with Crippen molar-refractivity contribution >= 4 is 5.97 Å². The minimum Gasteiger partial charge on any atom is -0.508 e. The Bertz CT molecular complexity index is 676. The Morgan fingerprint density at radius 2 is 2.00 bits per heavy atom. The average molecular weight is 298 g/mol. The molecule has 0 spiro atoms. The van der Waals surface area contributed by atoms with Crippen molar-refractivity contribution in [2.75, 3.05) is 6.61 Å². The molecule has 0 aliphatic carbocycles. The summed E-state index contributed by atoms with van der Waals surface area (Å²) in [6, 6.07) is 12.6. The molecule has 1 aliphatic heterocycles. The van der Waals surface area contributed by atoms with Crippen molar-refractivity contribution in [2.45, 2.75) is 25.7 Å². The average Bonchev–Trinajstić information content (AvgIpc) is 2.52. The maximum absolute atomic E-state index is 11.9. The lowest BCUT2D eigenvalue weighted by Crippen LogP contribution is -2.21. The molecule has 0 aromatic heterocycles. The van der Waals surface area contributed by atoms with Crippen LogP contribution in [0.4, 0.5) is 0 Å². The number of aromatic hydroxyl groups is 1. The summed E-state index contributed by atoms with van der Waals surface area (Å²) in [6.45, 7) is 2.67. The van der Waals surface area contributed by atoms with E-state index in [4.69, 9.17) is 9.47 Å². The summed E-state index contributed by atoms with van der Waals surface area (Å²) in [7, 11) is 0. The summed E-state index contributed by atoms with van der Waals surface area (Å²) in [6.07, 6.45) is 1.22. The van der Waals surface area contributed by atoms with Crippen molar-refractivity contribution < 1.29 is 19.4 Å². The third-order valence-corrected chi connectivity index (χ3v) is 3.72. The molecule has 2 aromatic rings. The summed E-state index contributed by atoms with van der Waals surface area (Å²) < 4.78 is 10.9. The van der Waals surface area contributed by atoms with Gasteiger partial charge in [0.15, 0.2) is 0 Å². The van der Waals surface area contributed by atoms with E-state index in [0.29, 0.717) is 24.5 Å². The fourth-order valence-corrected chi connectivity index (χ4v) is 2.65. The minimum absolute atomic E-state index is 0.0583. The molecule has 0 unspecified atom stereocenters. The first kappa shape index (κ1) is 14.4. The van der Waals surface area contributed by atoms with Gasteiger partial charge in [-0.05, 0) is 30.2 Å². The van der Waals surface area contributed by atoms with Crippen molar-refractivity contribution in [3.05, 3.63) is 53.6 Å². The van der Waals surface area contributed by atoms with Gasteiger partial charge in [0, 0.05) is 17.5 Å². The van der Waals surface area contributed by atoms with Crippen molar-refractivity contribution in [1.82, 2.24) is 0 Å². The van der Waals surface area contributed by atoms with Crippen LogP contribution in [0, 0.1) is 0 Å². The van der Waals surface area contributed by atoms with Crippen LogP contribution in [0.3, 0.4) is 0 Å². The second kappa shape index (κ2) is 6.10. The maximum Gasteiger partial charge on any atom is 0.312 e. The molecule has 114 valence electrons. The Balaban J connectivity index is 1.95. The van der Waals surface area contributed by atoms with Crippen LogP contribution in [0.1, 0.15) is 36.8 Å². The zero-order valence-corrected chi connectivity index (χ0v) is 12.4. The number of esters is 1. The van der Waals surface area contributed by atoms with E-state index in [0.717, 1.165) is 17.5 Å². The van der Waals surface area contributed by atoms with Crippen LogP contribution < -0.4 is 9.47 Å². The Hall–Kier alpha value is -2.49. The van der Waals surface area contributed by atoms with Gasteiger partial charge in [-0.15, -0.1) is 0 Å². The molecular weight excluding hydrogens is 280 g/mol. The first-order valence-electron chi connectivity index (χ1n) is 7.43. The van der Waals surface area contributed by atoms with Crippen LogP contribution in [-0.4, -0.2) is 17.7 Å². The van der Waals surface area contributed by atoms with E-state index in [1.807, 2.05) is 31.2 Å². The van der Waals surface area contributed by atoms with Crippen LogP contribution in [0.5, 0.6) is 17.2 Å². The predicted molar refractivity (Wildman–Crippen MR) is 82.4 cm³/mol. The normalized spacial score (nSPS) is 16.8. The van der Waals surface area contributed by atoms with Crippen molar-refractivity contribution in [3.63, 3.8) is 0 Å². The van der Waals surface area contributed by atoms with Gasteiger partial charge in [-0.1, -0.05) is 25.1 Å². The topological polar surface area (TPSA) is 55.8 Å². The van der Waals surface area contributed by atoms with E-state index in [1.165, 1.54) is 0 Å². The summed E-state index contributed by atoms with van der Waals surface area (Å²) in [5.74, 6) is 1.17. The smallest absolute Gasteiger partial charge is 0.312 e. The zero-order valence-electron chi connectivity index (χ0n) is 12.4. The van der Waals surface area contributed by atoms with Gasteiger partial charge in [0.25, 0.3) is 0 Å². The second-order valence-electron chi connectivity index (χ2n) is 5.37. The molecule has 0 saturated carbocycles. The standard InChI is InChI=1S/C18H18O4/c1-2-9-21-14-7-8-15-16(11-18(20)22-17(15)10-14)12-3-5-13(19)6-4-12/h3-8,10,16,19H,2,9,11H2,1H3/t16-/m1/s1. The molecule has 0 bridgehead atoms. The Labute approximate surface area is 129 Å². The lowest BCUT2D eigenvalue weighted by molar-refractivity contribution is -0.135. The summed E-state index contributed by atoms with van der Waals surface area (Å²) >= 11 is 0. The first-order valence-corrected chi connectivity index (χ1v) is 7.43.